The first kappa shape index (κ1) is 18.5. The smallest absolute Gasteiger partial charge is 0.225 e. The molecule has 0 bridgehead atoms. The van der Waals surface area contributed by atoms with Crippen LogP contribution in [-0.2, 0) is 11.2 Å². The molecule has 2 aliphatic heterocycles. The molecule has 3 rings (SSSR count). The minimum Gasteiger partial charge on any atom is -0.373 e. The van der Waals surface area contributed by atoms with Gasteiger partial charge >= 0.3 is 0 Å². The summed E-state index contributed by atoms with van der Waals surface area (Å²) in [5.41, 5.74) is 2.12. The van der Waals surface area contributed by atoms with Crippen molar-refractivity contribution < 1.29 is 4.74 Å². The molecule has 1 aromatic rings. The third-order valence-corrected chi connectivity index (χ3v) is 5.20. The Hall–Kier alpha value is -1.24. The van der Waals surface area contributed by atoms with Crippen LogP contribution < -0.4 is 4.90 Å². The topological polar surface area (TPSA) is 44.7 Å². The fourth-order valence-corrected chi connectivity index (χ4v) is 3.79. The molecule has 25 heavy (non-hydrogen) atoms. The monoisotopic (exact) mass is 347 g/mol. The normalized spacial score (nSPS) is 25.9. The highest BCUT2D eigenvalue weighted by atomic mass is 16.5. The molecular weight excluding hydrogens is 314 g/mol. The van der Waals surface area contributed by atoms with Gasteiger partial charge in [-0.05, 0) is 52.4 Å². The molecule has 0 N–H and O–H groups in total. The molecule has 0 unspecified atom stereocenters. The van der Waals surface area contributed by atoms with Gasteiger partial charge in [-0.1, -0.05) is 0 Å². The maximum absolute atomic E-state index is 6.35. The molecule has 0 aliphatic carbocycles. The zero-order chi connectivity index (χ0) is 17.8. The quantitative estimate of drug-likeness (QED) is 0.806. The molecule has 0 saturated carbocycles. The van der Waals surface area contributed by atoms with Gasteiger partial charge in [-0.25, -0.2) is 9.97 Å². The predicted molar refractivity (Wildman–Crippen MR) is 101 cm³/mol. The van der Waals surface area contributed by atoms with E-state index in [1.807, 2.05) is 25.9 Å². The molecule has 1 aromatic heterocycles. The first-order chi connectivity index (χ1) is 12.0. The number of aromatic nitrogens is 2. The number of rotatable bonds is 5. The lowest BCUT2D eigenvalue weighted by molar-refractivity contribution is 0.0237. The predicted octanol–water partition coefficient (Wildman–Crippen LogP) is 1.58. The molecule has 0 amide bonds. The average Bonchev–Trinajstić information content (AvgIpc) is 2.88. The Balaban J connectivity index is 1.51. The average molecular weight is 348 g/mol. The van der Waals surface area contributed by atoms with Crippen LogP contribution in [0.3, 0.4) is 0 Å². The van der Waals surface area contributed by atoms with Crippen LogP contribution in [0.15, 0.2) is 6.07 Å². The number of aryl methyl sites for hydroxylation is 1. The second kappa shape index (κ2) is 8.43. The molecule has 3 heterocycles. The van der Waals surface area contributed by atoms with Gasteiger partial charge in [-0.3, -0.25) is 4.90 Å². The van der Waals surface area contributed by atoms with Gasteiger partial charge in [0, 0.05) is 51.5 Å². The number of ether oxygens (including phenoxy) is 1. The maximum atomic E-state index is 6.35. The van der Waals surface area contributed by atoms with Crippen LogP contribution in [0, 0.1) is 6.92 Å². The van der Waals surface area contributed by atoms with Crippen LogP contribution in [-0.4, -0.2) is 85.8 Å². The number of likely N-dealkylation sites (N-methyl/N-ethyl adjacent to an activating group) is 1. The summed E-state index contributed by atoms with van der Waals surface area (Å²) in [4.78, 5) is 16.1. The van der Waals surface area contributed by atoms with Crippen LogP contribution in [0.4, 0.5) is 5.95 Å². The van der Waals surface area contributed by atoms with Crippen molar-refractivity contribution in [2.45, 2.75) is 44.8 Å². The Kier molecular flexibility index (Phi) is 6.25. The van der Waals surface area contributed by atoms with Gasteiger partial charge < -0.3 is 14.5 Å². The van der Waals surface area contributed by atoms with E-state index in [0.29, 0.717) is 12.2 Å². The summed E-state index contributed by atoms with van der Waals surface area (Å²) in [6.45, 7) is 7.86. The summed E-state index contributed by atoms with van der Waals surface area (Å²) in [6.07, 6.45) is 5.14. The molecule has 2 aliphatic rings. The molecule has 2 fully saturated rings. The summed E-state index contributed by atoms with van der Waals surface area (Å²) in [7, 11) is 6.19. The van der Waals surface area contributed by atoms with Crippen LogP contribution in [0.2, 0.25) is 0 Å². The van der Waals surface area contributed by atoms with Gasteiger partial charge in [-0.15, -0.1) is 0 Å². The van der Waals surface area contributed by atoms with Crippen molar-refractivity contribution in [2.75, 3.05) is 58.8 Å². The van der Waals surface area contributed by atoms with Gasteiger partial charge in [0.05, 0.1) is 12.2 Å². The van der Waals surface area contributed by atoms with E-state index in [4.69, 9.17) is 4.74 Å². The van der Waals surface area contributed by atoms with Gasteiger partial charge in [0.25, 0.3) is 0 Å². The minimum absolute atomic E-state index is 0.295. The van der Waals surface area contributed by atoms with Crippen molar-refractivity contribution >= 4 is 5.95 Å². The first-order valence-electron chi connectivity index (χ1n) is 9.58. The van der Waals surface area contributed by atoms with E-state index in [-0.39, 0.29) is 0 Å². The van der Waals surface area contributed by atoms with Crippen molar-refractivity contribution in [3.8, 4) is 0 Å². The van der Waals surface area contributed by atoms with Crippen molar-refractivity contribution in [2.24, 2.45) is 0 Å². The van der Waals surface area contributed by atoms with E-state index in [1.165, 1.54) is 39.0 Å². The standard InChI is InChI=1S/C19H33N5O/c1-15-12-16(21-19(20-15)22(2)3)13-17-6-7-18(25-17)14-24-9-5-8-23(4)10-11-24/h12,17-18H,5-11,13-14H2,1-4H3/t17-,18+/m0/s1. The van der Waals surface area contributed by atoms with Gasteiger partial charge in [0.1, 0.15) is 0 Å². The zero-order valence-electron chi connectivity index (χ0n) is 16.2. The lowest BCUT2D eigenvalue weighted by Gasteiger charge is -2.24. The van der Waals surface area contributed by atoms with E-state index in [1.54, 1.807) is 0 Å². The Labute approximate surface area is 152 Å². The summed E-state index contributed by atoms with van der Waals surface area (Å²) < 4.78 is 6.35. The zero-order valence-corrected chi connectivity index (χ0v) is 16.2. The molecule has 2 saturated heterocycles. The first-order valence-corrected chi connectivity index (χ1v) is 9.58. The summed E-state index contributed by atoms with van der Waals surface area (Å²) in [5.74, 6) is 0.790. The minimum atomic E-state index is 0.295. The summed E-state index contributed by atoms with van der Waals surface area (Å²) in [5, 5.41) is 0. The highest BCUT2D eigenvalue weighted by Crippen LogP contribution is 2.24. The second-order valence-corrected chi connectivity index (χ2v) is 7.81. The largest absolute Gasteiger partial charge is 0.373 e. The molecule has 0 radical (unpaired) electrons. The fraction of sp³-hybridized carbons (Fsp3) is 0.789. The molecular formula is C19H33N5O. The fourth-order valence-electron chi connectivity index (χ4n) is 3.79. The Bertz CT molecular complexity index is 565. The molecule has 6 nitrogen and oxygen atoms in total. The second-order valence-electron chi connectivity index (χ2n) is 7.81. The van der Waals surface area contributed by atoms with E-state index < -0.39 is 0 Å². The SMILES string of the molecule is Cc1cc(C[C@@H]2CC[C@H](CN3CCCN(C)CC3)O2)nc(N(C)C)n1. The van der Waals surface area contributed by atoms with Crippen molar-refractivity contribution in [3.63, 3.8) is 0 Å². The highest BCUT2D eigenvalue weighted by Gasteiger charge is 2.28. The van der Waals surface area contributed by atoms with Crippen molar-refractivity contribution in [3.05, 3.63) is 17.5 Å². The van der Waals surface area contributed by atoms with E-state index in [9.17, 15) is 0 Å². The molecule has 140 valence electrons. The van der Waals surface area contributed by atoms with Crippen molar-refractivity contribution in [1.29, 1.82) is 0 Å². The van der Waals surface area contributed by atoms with Gasteiger partial charge in [0.15, 0.2) is 0 Å². The number of anilines is 1. The number of hydrogen-bond acceptors (Lipinski definition) is 6. The Morgan fingerprint density at radius 3 is 2.72 bits per heavy atom. The Morgan fingerprint density at radius 2 is 1.92 bits per heavy atom. The lowest BCUT2D eigenvalue weighted by atomic mass is 10.1. The number of hydrogen-bond donors (Lipinski definition) is 0. The summed E-state index contributed by atoms with van der Waals surface area (Å²) >= 11 is 0. The van der Waals surface area contributed by atoms with Crippen LogP contribution in [0.5, 0.6) is 0 Å². The maximum Gasteiger partial charge on any atom is 0.225 e. The van der Waals surface area contributed by atoms with Gasteiger partial charge in [-0.2, -0.15) is 0 Å². The van der Waals surface area contributed by atoms with Gasteiger partial charge in [0.2, 0.25) is 5.95 Å². The van der Waals surface area contributed by atoms with E-state index in [0.717, 1.165) is 36.7 Å². The molecule has 6 heteroatoms. The lowest BCUT2D eigenvalue weighted by Crippen LogP contribution is -2.35. The highest BCUT2D eigenvalue weighted by molar-refractivity contribution is 5.30. The summed E-state index contributed by atoms with van der Waals surface area (Å²) in [6, 6.07) is 2.09. The van der Waals surface area contributed by atoms with Crippen LogP contribution in [0.1, 0.15) is 30.7 Å². The molecule has 2 atom stereocenters. The molecule has 0 aromatic carbocycles. The number of nitrogens with zero attached hydrogens (tertiary/aromatic N) is 5. The third-order valence-electron chi connectivity index (χ3n) is 5.20. The van der Waals surface area contributed by atoms with E-state index >= 15 is 0 Å². The van der Waals surface area contributed by atoms with E-state index in [2.05, 4.69) is 32.9 Å². The van der Waals surface area contributed by atoms with Crippen molar-refractivity contribution in [1.82, 2.24) is 19.8 Å². The Morgan fingerprint density at radius 1 is 1.12 bits per heavy atom. The van der Waals surface area contributed by atoms with Crippen LogP contribution >= 0.6 is 0 Å². The third kappa shape index (κ3) is 5.36. The van der Waals surface area contributed by atoms with Crippen LogP contribution in [0.25, 0.3) is 0 Å². The molecule has 0 spiro atoms.